The van der Waals surface area contributed by atoms with Crippen LogP contribution in [0.5, 0.6) is 5.75 Å². The first-order valence-corrected chi connectivity index (χ1v) is 6.50. The molecular formula is C15H15N3OS. The molecule has 0 heterocycles. The van der Waals surface area contributed by atoms with Crippen LogP contribution in [0.15, 0.2) is 59.7 Å². The van der Waals surface area contributed by atoms with E-state index in [1.165, 1.54) is 0 Å². The van der Waals surface area contributed by atoms with Crippen LogP contribution in [0.4, 0.5) is 0 Å². The molecule has 102 valence electrons. The van der Waals surface area contributed by atoms with Crippen molar-refractivity contribution in [3.8, 4) is 5.75 Å². The van der Waals surface area contributed by atoms with Gasteiger partial charge in [-0.25, -0.2) is 0 Å². The summed E-state index contributed by atoms with van der Waals surface area (Å²) >= 11 is 4.65. The summed E-state index contributed by atoms with van der Waals surface area (Å²) in [5.74, 6) is 0.813. The molecule has 0 atom stereocenters. The molecule has 0 unspecified atom stereocenters. The molecule has 0 saturated carbocycles. The maximum absolute atomic E-state index is 5.69. The normalized spacial score (nSPS) is 10.4. The molecule has 3 N–H and O–H groups in total. The number of hydrogen-bond acceptors (Lipinski definition) is 3. The molecule has 0 aliphatic rings. The smallest absolute Gasteiger partial charge is 0.184 e. The van der Waals surface area contributed by atoms with Crippen molar-refractivity contribution in [2.45, 2.75) is 6.61 Å². The first-order chi connectivity index (χ1) is 9.74. The Morgan fingerprint density at radius 1 is 1.15 bits per heavy atom. The van der Waals surface area contributed by atoms with Gasteiger partial charge in [-0.05, 0) is 47.6 Å². The van der Waals surface area contributed by atoms with Crippen LogP contribution < -0.4 is 15.9 Å². The van der Waals surface area contributed by atoms with Crippen molar-refractivity contribution >= 4 is 23.5 Å². The lowest BCUT2D eigenvalue weighted by atomic mass is 10.2. The van der Waals surface area contributed by atoms with Gasteiger partial charge in [0.15, 0.2) is 5.11 Å². The number of nitrogens with one attached hydrogen (secondary N) is 1. The Morgan fingerprint density at radius 3 is 2.50 bits per heavy atom. The van der Waals surface area contributed by atoms with Gasteiger partial charge in [0.2, 0.25) is 0 Å². The van der Waals surface area contributed by atoms with Crippen LogP contribution in [0.1, 0.15) is 11.1 Å². The Labute approximate surface area is 123 Å². The van der Waals surface area contributed by atoms with Gasteiger partial charge in [-0.2, -0.15) is 5.10 Å². The summed E-state index contributed by atoms with van der Waals surface area (Å²) in [5, 5.41) is 4.02. The molecule has 0 aromatic heterocycles. The zero-order valence-electron chi connectivity index (χ0n) is 10.8. The lowest BCUT2D eigenvalue weighted by Crippen LogP contribution is -2.23. The maximum Gasteiger partial charge on any atom is 0.184 e. The Bertz CT molecular complexity index is 582. The molecular weight excluding hydrogens is 270 g/mol. The lowest BCUT2D eigenvalue weighted by molar-refractivity contribution is 0.306. The van der Waals surface area contributed by atoms with Crippen molar-refractivity contribution in [1.82, 2.24) is 5.43 Å². The van der Waals surface area contributed by atoms with Crippen molar-refractivity contribution < 1.29 is 4.74 Å². The van der Waals surface area contributed by atoms with Gasteiger partial charge in [-0.1, -0.05) is 30.3 Å². The molecule has 0 aliphatic carbocycles. The SMILES string of the molecule is NC(=S)N/N=C/c1ccc(OCc2ccccc2)cc1. The third-order valence-electron chi connectivity index (χ3n) is 2.52. The second kappa shape index (κ2) is 7.25. The van der Waals surface area contributed by atoms with Gasteiger partial charge in [0.1, 0.15) is 12.4 Å². The van der Waals surface area contributed by atoms with E-state index in [-0.39, 0.29) is 5.11 Å². The summed E-state index contributed by atoms with van der Waals surface area (Å²) in [6, 6.07) is 17.6. The molecule has 0 radical (unpaired) electrons. The number of benzene rings is 2. The molecule has 4 nitrogen and oxygen atoms in total. The third kappa shape index (κ3) is 4.70. The second-order valence-electron chi connectivity index (χ2n) is 4.08. The first kappa shape index (κ1) is 14.0. The first-order valence-electron chi connectivity index (χ1n) is 6.09. The van der Waals surface area contributed by atoms with Crippen LogP contribution in [-0.2, 0) is 6.61 Å². The second-order valence-corrected chi connectivity index (χ2v) is 4.52. The predicted octanol–water partition coefficient (Wildman–Crippen LogP) is 2.43. The van der Waals surface area contributed by atoms with Crippen LogP contribution in [0.25, 0.3) is 0 Å². The van der Waals surface area contributed by atoms with Gasteiger partial charge < -0.3 is 10.5 Å². The summed E-state index contributed by atoms with van der Waals surface area (Å²) in [6.07, 6.45) is 1.64. The predicted molar refractivity (Wildman–Crippen MR) is 84.7 cm³/mol. The molecule has 0 bridgehead atoms. The minimum absolute atomic E-state index is 0.143. The largest absolute Gasteiger partial charge is 0.489 e. The molecule has 2 aromatic carbocycles. The molecule has 0 spiro atoms. The molecule has 5 heteroatoms. The van der Waals surface area contributed by atoms with E-state index in [2.05, 4.69) is 22.7 Å². The van der Waals surface area contributed by atoms with Crippen LogP contribution in [0.3, 0.4) is 0 Å². The number of hydrogen-bond donors (Lipinski definition) is 2. The van der Waals surface area contributed by atoms with Gasteiger partial charge in [-0.3, -0.25) is 5.43 Å². The Balaban J connectivity index is 1.88. The Hall–Kier alpha value is -2.40. The summed E-state index contributed by atoms with van der Waals surface area (Å²) in [7, 11) is 0. The summed E-state index contributed by atoms with van der Waals surface area (Å²) in [5.41, 5.74) is 9.83. The zero-order chi connectivity index (χ0) is 14.2. The molecule has 0 amide bonds. The molecule has 2 aromatic rings. The fourth-order valence-electron chi connectivity index (χ4n) is 1.56. The highest BCUT2D eigenvalue weighted by molar-refractivity contribution is 7.80. The van der Waals surface area contributed by atoms with E-state index in [1.54, 1.807) is 6.21 Å². The van der Waals surface area contributed by atoms with Crippen molar-refractivity contribution in [1.29, 1.82) is 0 Å². The van der Waals surface area contributed by atoms with Crippen LogP contribution in [0, 0.1) is 0 Å². The number of nitrogens with two attached hydrogens (primary N) is 1. The average molecular weight is 285 g/mol. The summed E-state index contributed by atoms with van der Waals surface area (Å²) in [6.45, 7) is 0.553. The van der Waals surface area contributed by atoms with Crippen LogP contribution >= 0.6 is 12.2 Å². The standard InChI is InChI=1S/C15H15N3OS/c16-15(20)18-17-10-12-6-8-14(9-7-12)19-11-13-4-2-1-3-5-13/h1-10H,11H2,(H3,16,18,20)/b17-10+. The van der Waals surface area contributed by atoms with Gasteiger partial charge in [0.25, 0.3) is 0 Å². The van der Waals surface area contributed by atoms with Gasteiger partial charge in [-0.15, -0.1) is 0 Å². The van der Waals surface area contributed by atoms with Crippen molar-refractivity contribution in [2.24, 2.45) is 10.8 Å². The average Bonchev–Trinajstić information content (AvgIpc) is 2.47. The van der Waals surface area contributed by atoms with Crippen LogP contribution in [0.2, 0.25) is 0 Å². The number of ether oxygens (including phenoxy) is 1. The third-order valence-corrected chi connectivity index (χ3v) is 2.61. The fourth-order valence-corrected chi connectivity index (χ4v) is 1.61. The molecule has 0 aliphatic heterocycles. The van der Waals surface area contributed by atoms with Crippen molar-refractivity contribution in [3.63, 3.8) is 0 Å². The quantitative estimate of drug-likeness (QED) is 0.503. The highest BCUT2D eigenvalue weighted by atomic mass is 32.1. The fraction of sp³-hybridized carbons (Fsp3) is 0.0667. The van der Waals surface area contributed by atoms with E-state index >= 15 is 0 Å². The van der Waals surface area contributed by atoms with Crippen molar-refractivity contribution in [2.75, 3.05) is 0 Å². The monoisotopic (exact) mass is 285 g/mol. The number of rotatable bonds is 5. The molecule has 0 fully saturated rings. The van der Waals surface area contributed by atoms with Gasteiger partial charge in [0.05, 0.1) is 6.21 Å². The van der Waals surface area contributed by atoms with Gasteiger partial charge >= 0.3 is 0 Å². The Morgan fingerprint density at radius 2 is 1.85 bits per heavy atom. The highest BCUT2D eigenvalue weighted by Gasteiger charge is 1.95. The van der Waals surface area contributed by atoms with E-state index in [0.29, 0.717) is 6.61 Å². The topological polar surface area (TPSA) is 59.6 Å². The molecule has 0 saturated heterocycles. The number of thiocarbonyl (C=S) groups is 1. The van der Waals surface area contributed by atoms with Crippen molar-refractivity contribution in [3.05, 3.63) is 65.7 Å². The Kier molecular flexibility index (Phi) is 5.08. The van der Waals surface area contributed by atoms with E-state index in [0.717, 1.165) is 16.9 Å². The minimum atomic E-state index is 0.143. The lowest BCUT2D eigenvalue weighted by Gasteiger charge is -2.06. The number of hydrazone groups is 1. The molecule has 20 heavy (non-hydrogen) atoms. The van der Waals surface area contributed by atoms with E-state index < -0.39 is 0 Å². The van der Waals surface area contributed by atoms with Crippen LogP contribution in [-0.4, -0.2) is 11.3 Å². The molecule has 2 rings (SSSR count). The highest BCUT2D eigenvalue weighted by Crippen LogP contribution is 2.13. The minimum Gasteiger partial charge on any atom is -0.489 e. The van der Waals surface area contributed by atoms with Gasteiger partial charge in [0, 0.05) is 0 Å². The summed E-state index contributed by atoms with van der Waals surface area (Å²) in [4.78, 5) is 0. The van der Waals surface area contributed by atoms with E-state index in [9.17, 15) is 0 Å². The van der Waals surface area contributed by atoms with E-state index in [1.807, 2.05) is 54.6 Å². The summed E-state index contributed by atoms with van der Waals surface area (Å²) < 4.78 is 5.69. The zero-order valence-corrected chi connectivity index (χ0v) is 11.6. The number of nitrogens with zero attached hydrogens (tertiary/aromatic N) is 1. The maximum atomic E-state index is 5.69. The van der Waals surface area contributed by atoms with E-state index in [4.69, 9.17) is 10.5 Å².